The molecule has 1 aromatic carbocycles. The van der Waals surface area contributed by atoms with Gasteiger partial charge in [0.2, 0.25) is 0 Å². The molecular weight excluding hydrogens is 284 g/mol. The van der Waals surface area contributed by atoms with Gasteiger partial charge >= 0.3 is 0 Å². The second kappa shape index (κ2) is 6.90. The Morgan fingerprint density at radius 3 is 2.43 bits per heavy atom. The van der Waals surface area contributed by atoms with Crippen LogP contribution in [-0.4, -0.2) is 15.6 Å². The second-order valence-corrected chi connectivity index (χ2v) is 5.63. The van der Waals surface area contributed by atoms with E-state index in [1.807, 2.05) is 49.7 Å². The second-order valence-electron chi connectivity index (χ2n) is 5.25. The summed E-state index contributed by atoms with van der Waals surface area (Å²) in [5, 5.41) is 5.10. The molecule has 21 heavy (non-hydrogen) atoms. The first kappa shape index (κ1) is 15.8. The quantitative estimate of drug-likeness (QED) is 0.814. The van der Waals surface area contributed by atoms with Crippen LogP contribution in [0.4, 0.5) is 0 Å². The zero-order chi connectivity index (χ0) is 15.4. The summed E-state index contributed by atoms with van der Waals surface area (Å²) in [4.78, 5) is 12.3. The molecule has 0 N–H and O–H groups in total. The predicted octanol–water partition coefficient (Wildman–Crippen LogP) is 3.78. The van der Waals surface area contributed by atoms with Crippen LogP contribution in [0.2, 0.25) is 5.02 Å². The van der Waals surface area contributed by atoms with Crippen molar-refractivity contribution in [3.05, 3.63) is 51.8 Å². The molecule has 1 heterocycles. The number of hydrogen-bond acceptors (Lipinski definition) is 2. The van der Waals surface area contributed by atoms with Crippen LogP contribution in [0.25, 0.3) is 0 Å². The smallest absolute Gasteiger partial charge is 0.143 e. The van der Waals surface area contributed by atoms with Crippen LogP contribution in [0.15, 0.2) is 24.3 Å². The number of hydrogen-bond donors (Lipinski definition) is 0. The molecule has 3 nitrogen and oxygen atoms in total. The largest absolute Gasteiger partial charge is 0.299 e. The predicted molar refractivity (Wildman–Crippen MR) is 85.9 cm³/mol. The summed E-state index contributed by atoms with van der Waals surface area (Å²) in [5.74, 6) is 0.165. The van der Waals surface area contributed by atoms with Crippen LogP contribution in [0.5, 0.6) is 0 Å². The third-order valence-electron chi connectivity index (χ3n) is 3.58. The summed E-state index contributed by atoms with van der Waals surface area (Å²) in [6, 6.07) is 8.06. The Kier molecular flexibility index (Phi) is 5.18. The lowest BCUT2D eigenvalue weighted by atomic mass is 10.0. The zero-order valence-corrected chi connectivity index (χ0v) is 13.6. The molecule has 0 fully saturated rings. The Hall–Kier alpha value is -1.61. The zero-order valence-electron chi connectivity index (χ0n) is 12.8. The molecule has 0 atom stereocenters. The van der Waals surface area contributed by atoms with Crippen molar-refractivity contribution in [2.75, 3.05) is 0 Å². The Labute approximate surface area is 130 Å². The van der Waals surface area contributed by atoms with E-state index < -0.39 is 0 Å². The third-order valence-corrected chi connectivity index (χ3v) is 4.02. The minimum absolute atomic E-state index is 0.165. The lowest BCUT2D eigenvalue weighted by molar-refractivity contribution is -0.117. The Bertz CT molecular complexity index is 629. The van der Waals surface area contributed by atoms with Crippen molar-refractivity contribution in [3.63, 3.8) is 0 Å². The standard InChI is InChI=1S/C17H21ClN2O/c1-4-15-17(18)16(20(5-2)19-15)11-14(21)10-13-8-6-12(3)7-9-13/h6-9H,4-5,10-11H2,1-3H3. The van der Waals surface area contributed by atoms with Crippen LogP contribution in [0.3, 0.4) is 0 Å². The summed E-state index contributed by atoms with van der Waals surface area (Å²) < 4.78 is 1.84. The first-order valence-corrected chi connectivity index (χ1v) is 7.74. The van der Waals surface area contributed by atoms with E-state index in [2.05, 4.69) is 5.10 Å². The van der Waals surface area contributed by atoms with E-state index in [1.54, 1.807) is 0 Å². The van der Waals surface area contributed by atoms with Crippen LogP contribution >= 0.6 is 11.6 Å². The minimum atomic E-state index is 0.165. The first-order chi connectivity index (χ1) is 10.0. The highest BCUT2D eigenvalue weighted by molar-refractivity contribution is 6.32. The Morgan fingerprint density at radius 1 is 1.19 bits per heavy atom. The molecule has 2 rings (SSSR count). The number of aryl methyl sites for hydroxylation is 3. The van der Waals surface area contributed by atoms with Crippen LogP contribution in [0.1, 0.15) is 36.4 Å². The van der Waals surface area contributed by atoms with Crippen LogP contribution in [0, 0.1) is 6.92 Å². The van der Waals surface area contributed by atoms with Crippen LogP contribution in [-0.2, 0) is 30.6 Å². The summed E-state index contributed by atoms with van der Waals surface area (Å²) in [7, 11) is 0. The van der Waals surface area contributed by atoms with E-state index in [1.165, 1.54) is 5.56 Å². The van der Waals surface area contributed by atoms with Crippen LogP contribution < -0.4 is 0 Å². The highest BCUT2D eigenvalue weighted by atomic mass is 35.5. The van der Waals surface area contributed by atoms with Gasteiger partial charge in [0.25, 0.3) is 0 Å². The highest BCUT2D eigenvalue weighted by Crippen LogP contribution is 2.22. The number of rotatable bonds is 6. The van der Waals surface area contributed by atoms with Gasteiger partial charge in [0, 0.05) is 13.0 Å². The molecule has 0 aliphatic heterocycles. The van der Waals surface area contributed by atoms with Gasteiger partial charge in [0.15, 0.2) is 0 Å². The number of carbonyl (C=O) groups is 1. The van der Waals surface area contributed by atoms with Gasteiger partial charge in [-0.1, -0.05) is 48.4 Å². The van der Waals surface area contributed by atoms with E-state index in [0.717, 1.165) is 29.9 Å². The summed E-state index contributed by atoms with van der Waals surface area (Å²) in [5.41, 5.74) is 3.95. The van der Waals surface area contributed by atoms with E-state index in [0.29, 0.717) is 17.9 Å². The number of nitrogens with zero attached hydrogens (tertiary/aromatic N) is 2. The third kappa shape index (κ3) is 3.73. The fraction of sp³-hybridized carbons (Fsp3) is 0.412. The van der Waals surface area contributed by atoms with E-state index in [-0.39, 0.29) is 5.78 Å². The number of Topliss-reactive ketones (excluding diaryl/α,β-unsaturated/α-hetero) is 1. The van der Waals surface area contributed by atoms with Crippen molar-refractivity contribution in [1.82, 2.24) is 9.78 Å². The number of halogens is 1. The number of carbonyl (C=O) groups excluding carboxylic acids is 1. The lowest BCUT2D eigenvalue weighted by Gasteiger charge is -2.05. The van der Waals surface area contributed by atoms with Crippen molar-refractivity contribution < 1.29 is 4.79 Å². The van der Waals surface area contributed by atoms with Crippen molar-refractivity contribution in [1.29, 1.82) is 0 Å². The van der Waals surface area contributed by atoms with Crippen molar-refractivity contribution in [2.45, 2.75) is 46.6 Å². The Morgan fingerprint density at radius 2 is 1.86 bits per heavy atom. The van der Waals surface area contributed by atoms with Crippen molar-refractivity contribution in [2.24, 2.45) is 0 Å². The molecule has 0 aliphatic carbocycles. The molecule has 0 unspecified atom stereocenters. The number of ketones is 1. The molecule has 0 aliphatic rings. The fourth-order valence-corrected chi connectivity index (χ4v) is 2.70. The van der Waals surface area contributed by atoms with E-state index >= 15 is 0 Å². The van der Waals surface area contributed by atoms with E-state index in [4.69, 9.17) is 11.6 Å². The molecule has 1 aromatic heterocycles. The maximum absolute atomic E-state index is 12.3. The average molecular weight is 305 g/mol. The lowest BCUT2D eigenvalue weighted by Crippen LogP contribution is -2.11. The normalized spacial score (nSPS) is 10.9. The van der Waals surface area contributed by atoms with Gasteiger partial charge in [-0.2, -0.15) is 5.10 Å². The summed E-state index contributed by atoms with van der Waals surface area (Å²) >= 11 is 6.34. The topological polar surface area (TPSA) is 34.9 Å². The van der Waals surface area contributed by atoms with Gasteiger partial charge in [-0.05, 0) is 25.8 Å². The summed E-state index contributed by atoms with van der Waals surface area (Å²) in [6.07, 6.45) is 1.56. The molecule has 2 aromatic rings. The van der Waals surface area contributed by atoms with Gasteiger partial charge < -0.3 is 0 Å². The fourth-order valence-electron chi connectivity index (χ4n) is 2.37. The molecule has 4 heteroatoms. The van der Waals surface area contributed by atoms with Gasteiger partial charge in [-0.15, -0.1) is 0 Å². The molecule has 112 valence electrons. The van der Waals surface area contributed by atoms with Gasteiger partial charge in [0.1, 0.15) is 5.78 Å². The number of benzene rings is 1. The molecular formula is C17H21ClN2O. The highest BCUT2D eigenvalue weighted by Gasteiger charge is 2.17. The first-order valence-electron chi connectivity index (χ1n) is 7.36. The Balaban J connectivity index is 2.12. The minimum Gasteiger partial charge on any atom is -0.299 e. The van der Waals surface area contributed by atoms with Gasteiger partial charge in [-0.25, -0.2) is 0 Å². The number of aromatic nitrogens is 2. The van der Waals surface area contributed by atoms with Crippen molar-refractivity contribution in [3.8, 4) is 0 Å². The maximum Gasteiger partial charge on any atom is 0.143 e. The SMILES string of the molecule is CCc1nn(CC)c(CC(=O)Cc2ccc(C)cc2)c1Cl. The van der Waals surface area contributed by atoms with Gasteiger partial charge in [-0.3, -0.25) is 9.48 Å². The molecule has 0 saturated carbocycles. The molecule has 0 saturated heterocycles. The molecule has 0 bridgehead atoms. The van der Waals surface area contributed by atoms with Gasteiger partial charge in [0.05, 0.1) is 22.8 Å². The molecule has 0 radical (unpaired) electrons. The average Bonchev–Trinajstić information content (AvgIpc) is 2.77. The maximum atomic E-state index is 12.3. The monoisotopic (exact) mass is 304 g/mol. The van der Waals surface area contributed by atoms with E-state index in [9.17, 15) is 4.79 Å². The molecule has 0 spiro atoms. The van der Waals surface area contributed by atoms with Crippen molar-refractivity contribution >= 4 is 17.4 Å². The molecule has 0 amide bonds. The summed E-state index contributed by atoms with van der Waals surface area (Å²) in [6.45, 7) is 6.80.